The van der Waals surface area contributed by atoms with Gasteiger partial charge in [0.15, 0.2) is 0 Å². The lowest BCUT2D eigenvalue weighted by molar-refractivity contribution is -0.129. The Hall–Kier alpha value is -2.18. The van der Waals surface area contributed by atoms with Gasteiger partial charge in [-0.25, -0.2) is 0 Å². The minimum Gasteiger partial charge on any atom is -0.494 e. The maximum absolute atomic E-state index is 14.5. The first-order valence-electron chi connectivity index (χ1n) is 10.2. The van der Waals surface area contributed by atoms with E-state index in [1.165, 1.54) is 17.7 Å². The highest BCUT2D eigenvalue weighted by Gasteiger charge is 2.32. The Morgan fingerprint density at radius 2 is 1.80 bits per heavy atom. The first kappa shape index (κ1) is 24.1. The molecule has 0 atom stereocenters. The summed E-state index contributed by atoms with van der Waals surface area (Å²) in [5.74, 6) is -2.76. The Kier molecular flexibility index (Phi) is 9.53. The van der Waals surface area contributed by atoms with E-state index < -0.39 is 12.5 Å². The predicted molar refractivity (Wildman–Crippen MR) is 117 cm³/mol. The van der Waals surface area contributed by atoms with Crippen LogP contribution in [-0.2, 0) is 17.1 Å². The number of hydrogen-bond acceptors (Lipinski definition) is 3. The van der Waals surface area contributed by atoms with E-state index in [1.807, 2.05) is 18.2 Å². The molecule has 0 unspecified atom stereocenters. The predicted octanol–water partition coefficient (Wildman–Crippen LogP) is 4.42. The molecule has 0 spiro atoms. The zero-order valence-corrected chi connectivity index (χ0v) is 17.8. The van der Waals surface area contributed by atoms with Crippen molar-refractivity contribution >= 4 is 18.3 Å². The Labute approximate surface area is 183 Å². The molecule has 2 aromatic rings. The van der Waals surface area contributed by atoms with Crippen LogP contribution in [0.15, 0.2) is 54.6 Å². The molecule has 4 nitrogen and oxygen atoms in total. The number of nitrogens with one attached hydrogen (secondary N) is 1. The molecular formula is C23H29ClF2N2O2. The second kappa shape index (κ2) is 11.9. The van der Waals surface area contributed by atoms with Crippen molar-refractivity contribution in [2.45, 2.75) is 31.6 Å². The van der Waals surface area contributed by atoms with Crippen molar-refractivity contribution in [1.82, 2.24) is 10.2 Å². The number of likely N-dealkylation sites (tertiary alicyclic amines) is 1. The van der Waals surface area contributed by atoms with Gasteiger partial charge in [-0.15, -0.1) is 12.4 Å². The van der Waals surface area contributed by atoms with Gasteiger partial charge in [0.2, 0.25) is 5.91 Å². The van der Waals surface area contributed by atoms with Crippen LogP contribution in [0, 0.1) is 0 Å². The van der Waals surface area contributed by atoms with Crippen LogP contribution in [-0.4, -0.2) is 43.6 Å². The molecule has 2 aromatic carbocycles. The summed E-state index contributed by atoms with van der Waals surface area (Å²) in [5.41, 5.74) is 1.12. The van der Waals surface area contributed by atoms with Crippen molar-refractivity contribution in [2.75, 3.05) is 32.8 Å². The van der Waals surface area contributed by atoms with E-state index in [0.717, 1.165) is 38.8 Å². The highest BCUT2D eigenvalue weighted by molar-refractivity contribution is 5.85. The maximum Gasteiger partial charge on any atom is 0.285 e. The smallest absolute Gasteiger partial charge is 0.285 e. The lowest BCUT2D eigenvalue weighted by atomic mass is 10.1. The average Bonchev–Trinajstić information content (AvgIpc) is 3.27. The van der Waals surface area contributed by atoms with Crippen LogP contribution in [0.3, 0.4) is 0 Å². The van der Waals surface area contributed by atoms with Gasteiger partial charge in [-0.2, -0.15) is 8.78 Å². The molecule has 0 radical (unpaired) electrons. The molecule has 1 aliphatic heterocycles. The summed E-state index contributed by atoms with van der Waals surface area (Å²) in [5, 5.41) is 2.61. The van der Waals surface area contributed by atoms with E-state index in [0.29, 0.717) is 12.4 Å². The first-order chi connectivity index (χ1) is 14.0. The highest BCUT2D eigenvalue weighted by Crippen LogP contribution is 2.29. The van der Waals surface area contributed by atoms with Crippen LogP contribution >= 0.6 is 12.4 Å². The zero-order chi connectivity index (χ0) is 20.5. The standard InChI is InChI=1S/C23H28F2N2O2.ClH/c24-23(25,18-26-17-22(28)27-13-4-5-14-27)20-11-6-12-21(16-20)29-15-7-10-19-8-2-1-3-9-19;/h1-3,6,8-9,11-12,16,26H,4-5,7,10,13-15,17-18H2;1H. The highest BCUT2D eigenvalue weighted by atomic mass is 35.5. The minimum absolute atomic E-state index is 0. The monoisotopic (exact) mass is 438 g/mol. The third-order valence-corrected chi connectivity index (χ3v) is 5.06. The summed E-state index contributed by atoms with van der Waals surface area (Å²) in [6.45, 7) is 1.27. The lowest BCUT2D eigenvalue weighted by Crippen LogP contribution is -2.40. The van der Waals surface area contributed by atoms with Crippen molar-refractivity contribution in [3.05, 3.63) is 65.7 Å². The number of carbonyl (C=O) groups excluding carboxylic acids is 1. The minimum atomic E-state index is -3.07. The topological polar surface area (TPSA) is 41.6 Å². The molecule has 0 aliphatic carbocycles. The molecule has 0 aromatic heterocycles. The first-order valence-corrected chi connectivity index (χ1v) is 10.2. The van der Waals surface area contributed by atoms with Gasteiger partial charge >= 0.3 is 0 Å². The van der Waals surface area contributed by atoms with Crippen molar-refractivity contribution in [3.63, 3.8) is 0 Å². The van der Waals surface area contributed by atoms with Gasteiger partial charge in [-0.1, -0.05) is 42.5 Å². The molecule has 0 saturated carbocycles. The summed E-state index contributed by atoms with van der Waals surface area (Å²) < 4.78 is 34.7. The number of alkyl halides is 2. The van der Waals surface area contributed by atoms with E-state index in [-0.39, 0.29) is 30.4 Å². The fourth-order valence-electron chi connectivity index (χ4n) is 3.43. The number of carbonyl (C=O) groups is 1. The van der Waals surface area contributed by atoms with Crippen LogP contribution in [0.5, 0.6) is 5.75 Å². The van der Waals surface area contributed by atoms with E-state index in [9.17, 15) is 13.6 Å². The van der Waals surface area contributed by atoms with E-state index in [2.05, 4.69) is 17.4 Å². The second-order valence-corrected chi connectivity index (χ2v) is 7.36. The number of amides is 1. The maximum atomic E-state index is 14.5. The van der Waals surface area contributed by atoms with Crippen molar-refractivity contribution in [1.29, 1.82) is 0 Å². The SMILES string of the molecule is Cl.O=C(CNCC(F)(F)c1cccc(OCCCc2ccccc2)c1)N1CCCC1. The average molecular weight is 439 g/mol. The van der Waals surface area contributed by atoms with Crippen LogP contribution in [0.25, 0.3) is 0 Å². The van der Waals surface area contributed by atoms with Gasteiger partial charge < -0.3 is 15.0 Å². The van der Waals surface area contributed by atoms with Gasteiger partial charge in [0.25, 0.3) is 5.92 Å². The van der Waals surface area contributed by atoms with E-state index in [4.69, 9.17) is 4.74 Å². The van der Waals surface area contributed by atoms with Crippen molar-refractivity contribution in [2.24, 2.45) is 0 Å². The number of benzene rings is 2. The molecule has 7 heteroatoms. The fraction of sp³-hybridized carbons (Fsp3) is 0.435. The normalized spacial score (nSPS) is 13.7. The number of ether oxygens (including phenoxy) is 1. The summed E-state index contributed by atoms with van der Waals surface area (Å²) in [7, 11) is 0. The van der Waals surface area contributed by atoms with Crippen LogP contribution in [0.4, 0.5) is 8.78 Å². The van der Waals surface area contributed by atoms with Crippen molar-refractivity contribution < 1.29 is 18.3 Å². The fourth-order valence-corrected chi connectivity index (χ4v) is 3.43. The zero-order valence-electron chi connectivity index (χ0n) is 17.0. The molecule has 1 aliphatic rings. The Morgan fingerprint density at radius 3 is 2.53 bits per heavy atom. The third kappa shape index (κ3) is 7.26. The van der Waals surface area contributed by atoms with E-state index >= 15 is 0 Å². The Morgan fingerprint density at radius 1 is 1.07 bits per heavy atom. The number of nitrogens with zero attached hydrogens (tertiary/aromatic N) is 1. The number of rotatable bonds is 10. The van der Waals surface area contributed by atoms with Crippen molar-refractivity contribution in [3.8, 4) is 5.75 Å². The molecule has 1 heterocycles. The molecule has 3 rings (SSSR count). The Balaban J connectivity index is 0.00000320. The summed E-state index contributed by atoms with van der Waals surface area (Å²) in [6, 6.07) is 16.1. The molecule has 164 valence electrons. The third-order valence-electron chi connectivity index (χ3n) is 5.06. The molecule has 30 heavy (non-hydrogen) atoms. The van der Waals surface area contributed by atoms with Crippen LogP contribution < -0.4 is 10.1 Å². The van der Waals surface area contributed by atoms with Crippen LogP contribution in [0.1, 0.15) is 30.4 Å². The van der Waals surface area contributed by atoms with Gasteiger partial charge in [0.1, 0.15) is 5.75 Å². The Bertz CT molecular complexity index is 784. The van der Waals surface area contributed by atoms with Gasteiger partial charge in [0, 0.05) is 18.7 Å². The molecule has 1 fully saturated rings. The second-order valence-electron chi connectivity index (χ2n) is 7.36. The summed E-state index contributed by atoms with van der Waals surface area (Å²) in [4.78, 5) is 13.7. The van der Waals surface area contributed by atoms with Gasteiger partial charge in [-0.3, -0.25) is 4.79 Å². The van der Waals surface area contributed by atoms with Gasteiger partial charge in [-0.05, 0) is 43.4 Å². The molecule has 0 bridgehead atoms. The van der Waals surface area contributed by atoms with Gasteiger partial charge in [0.05, 0.1) is 19.7 Å². The van der Waals surface area contributed by atoms with E-state index in [1.54, 1.807) is 17.0 Å². The molecule has 1 N–H and O–H groups in total. The number of aryl methyl sites for hydroxylation is 1. The summed E-state index contributed by atoms with van der Waals surface area (Å²) >= 11 is 0. The molecule has 1 saturated heterocycles. The molecular weight excluding hydrogens is 410 g/mol. The van der Waals surface area contributed by atoms with Crippen LogP contribution in [0.2, 0.25) is 0 Å². The summed E-state index contributed by atoms with van der Waals surface area (Å²) in [6.07, 6.45) is 3.66. The number of halogens is 3. The largest absolute Gasteiger partial charge is 0.494 e. The lowest BCUT2D eigenvalue weighted by Gasteiger charge is -2.20. The quantitative estimate of drug-likeness (QED) is 0.558. The number of hydrogen-bond donors (Lipinski definition) is 1. The molecule has 1 amide bonds.